The number of hydrogen-bond acceptors (Lipinski definition) is 3. The lowest BCUT2D eigenvalue weighted by molar-refractivity contribution is -0.116. The van der Waals surface area contributed by atoms with Crippen molar-refractivity contribution >= 4 is 34.4 Å². The number of rotatable bonds is 5. The van der Waals surface area contributed by atoms with Crippen LogP contribution in [0, 0.1) is 0 Å². The number of thioether (sulfide) groups is 1. The van der Waals surface area contributed by atoms with Crippen molar-refractivity contribution in [2.45, 2.75) is 25.0 Å². The summed E-state index contributed by atoms with van der Waals surface area (Å²) in [5, 5.41) is 0.774. The molecule has 0 spiro atoms. The minimum atomic E-state index is 0.0802. The molecule has 0 atom stereocenters. The zero-order valence-corrected chi connectivity index (χ0v) is 14.0. The lowest BCUT2D eigenvalue weighted by atomic mass is 10.2. The Morgan fingerprint density at radius 3 is 2.52 bits per heavy atom. The predicted octanol–water partition coefficient (Wildman–Crippen LogP) is 4.10. The zero-order valence-electron chi connectivity index (χ0n) is 13.2. The van der Waals surface area contributed by atoms with Crippen molar-refractivity contribution in [3.05, 3.63) is 54.6 Å². The monoisotopic (exact) mass is 325 g/mol. The number of para-hydroxylation sites is 3. The number of aromatic amines is 1. The average Bonchev–Trinajstić information content (AvgIpc) is 2.96. The maximum Gasteiger partial charge on any atom is 0.237 e. The van der Waals surface area contributed by atoms with Crippen molar-refractivity contribution in [2.75, 3.05) is 10.7 Å². The second-order valence-corrected chi connectivity index (χ2v) is 6.50. The Morgan fingerprint density at radius 2 is 1.83 bits per heavy atom. The first-order chi connectivity index (χ1) is 11.1. The van der Waals surface area contributed by atoms with Crippen LogP contribution in [0.1, 0.15) is 13.8 Å². The molecule has 1 aromatic heterocycles. The van der Waals surface area contributed by atoms with Gasteiger partial charge < -0.3 is 9.88 Å². The van der Waals surface area contributed by atoms with Crippen LogP contribution in [-0.2, 0) is 4.79 Å². The van der Waals surface area contributed by atoms with Gasteiger partial charge in [-0.15, -0.1) is 0 Å². The number of amides is 1. The van der Waals surface area contributed by atoms with Crippen molar-refractivity contribution in [1.29, 1.82) is 0 Å². The van der Waals surface area contributed by atoms with Crippen LogP contribution in [0.25, 0.3) is 11.0 Å². The van der Waals surface area contributed by atoms with Gasteiger partial charge in [0.2, 0.25) is 5.91 Å². The molecule has 0 saturated carbocycles. The van der Waals surface area contributed by atoms with Crippen LogP contribution < -0.4 is 4.90 Å². The fourth-order valence-corrected chi connectivity index (χ4v) is 3.26. The van der Waals surface area contributed by atoms with Gasteiger partial charge in [0.25, 0.3) is 0 Å². The van der Waals surface area contributed by atoms with Crippen molar-refractivity contribution in [2.24, 2.45) is 0 Å². The topological polar surface area (TPSA) is 49.0 Å². The maximum absolute atomic E-state index is 12.6. The lowest BCUT2D eigenvalue weighted by Crippen LogP contribution is -2.38. The third kappa shape index (κ3) is 3.56. The summed E-state index contributed by atoms with van der Waals surface area (Å²) in [4.78, 5) is 22.2. The summed E-state index contributed by atoms with van der Waals surface area (Å²) in [7, 11) is 0. The number of hydrogen-bond donors (Lipinski definition) is 1. The Balaban J connectivity index is 1.72. The molecule has 0 fully saturated rings. The van der Waals surface area contributed by atoms with Crippen LogP contribution in [0.3, 0.4) is 0 Å². The molecule has 3 aromatic rings. The third-order valence-electron chi connectivity index (χ3n) is 3.52. The maximum atomic E-state index is 12.6. The van der Waals surface area contributed by atoms with E-state index in [9.17, 15) is 4.79 Å². The molecule has 0 aliphatic carbocycles. The fourth-order valence-electron chi connectivity index (χ4n) is 2.52. The first-order valence-electron chi connectivity index (χ1n) is 7.60. The second kappa shape index (κ2) is 6.87. The molecule has 2 aromatic carbocycles. The lowest BCUT2D eigenvalue weighted by Gasteiger charge is -2.26. The number of carbonyl (C=O) groups excluding carboxylic acids is 1. The van der Waals surface area contributed by atoms with Gasteiger partial charge in [-0.1, -0.05) is 42.1 Å². The third-order valence-corrected chi connectivity index (χ3v) is 4.38. The second-order valence-electron chi connectivity index (χ2n) is 5.54. The summed E-state index contributed by atoms with van der Waals surface area (Å²) in [6.07, 6.45) is 0. The van der Waals surface area contributed by atoms with Crippen LogP contribution >= 0.6 is 11.8 Å². The Kier molecular flexibility index (Phi) is 4.67. The highest BCUT2D eigenvalue weighted by Gasteiger charge is 2.19. The van der Waals surface area contributed by atoms with Gasteiger partial charge in [0.05, 0.1) is 16.8 Å². The van der Waals surface area contributed by atoms with Gasteiger partial charge in [0.1, 0.15) is 0 Å². The Labute approximate surface area is 139 Å². The number of H-pyrrole nitrogens is 1. The summed E-state index contributed by atoms with van der Waals surface area (Å²) in [6, 6.07) is 17.8. The van der Waals surface area contributed by atoms with E-state index in [1.807, 2.05) is 73.3 Å². The van der Waals surface area contributed by atoms with Crippen LogP contribution in [0.5, 0.6) is 0 Å². The molecule has 3 rings (SSSR count). The molecular weight excluding hydrogens is 306 g/mol. The Hall–Kier alpha value is -2.27. The van der Waals surface area contributed by atoms with Crippen LogP contribution in [-0.4, -0.2) is 27.7 Å². The molecule has 0 radical (unpaired) electrons. The van der Waals surface area contributed by atoms with E-state index in [1.165, 1.54) is 11.8 Å². The summed E-state index contributed by atoms with van der Waals surface area (Å²) in [6.45, 7) is 4.05. The minimum Gasteiger partial charge on any atom is -0.333 e. The van der Waals surface area contributed by atoms with E-state index in [1.54, 1.807) is 0 Å². The van der Waals surface area contributed by atoms with Crippen LogP contribution in [0.4, 0.5) is 5.69 Å². The van der Waals surface area contributed by atoms with E-state index >= 15 is 0 Å². The number of nitrogens with one attached hydrogen (secondary N) is 1. The molecule has 0 unspecified atom stereocenters. The quantitative estimate of drug-likeness (QED) is 0.719. The molecule has 0 aliphatic heterocycles. The molecule has 1 heterocycles. The molecule has 0 saturated heterocycles. The molecule has 118 valence electrons. The van der Waals surface area contributed by atoms with E-state index in [0.717, 1.165) is 21.9 Å². The number of anilines is 1. The Morgan fingerprint density at radius 1 is 1.13 bits per heavy atom. The average molecular weight is 325 g/mol. The fraction of sp³-hybridized carbons (Fsp3) is 0.222. The summed E-state index contributed by atoms with van der Waals surface area (Å²) in [5.74, 6) is 0.434. The standard InChI is InChI=1S/C18H19N3OS/c1-13(2)21(14-8-4-3-5-9-14)17(22)12-23-18-19-15-10-6-7-11-16(15)20-18/h3-11,13H,12H2,1-2H3,(H,19,20). The number of carbonyl (C=O) groups is 1. The summed E-state index contributed by atoms with van der Waals surface area (Å²) >= 11 is 1.44. The molecule has 4 nitrogen and oxygen atoms in total. The molecule has 23 heavy (non-hydrogen) atoms. The molecule has 0 bridgehead atoms. The highest BCUT2D eigenvalue weighted by Crippen LogP contribution is 2.22. The smallest absolute Gasteiger partial charge is 0.237 e. The minimum absolute atomic E-state index is 0.0802. The van der Waals surface area contributed by atoms with Crippen LogP contribution in [0.2, 0.25) is 0 Å². The first-order valence-corrected chi connectivity index (χ1v) is 8.58. The van der Waals surface area contributed by atoms with Gasteiger partial charge >= 0.3 is 0 Å². The van der Waals surface area contributed by atoms with Gasteiger partial charge in [-0.25, -0.2) is 4.98 Å². The van der Waals surface area contributed by atoms with Crippen molar-refractivity contribution < 1.29 is 4.79 Å². The number of nitrogens with zero attached hydrogens (tertiary/aromatic N) is 2. The predicted molar refractivity (Wildman–Crippen MR) is 95.9 cm³/mol. The van der Waals surface area contributed by atoms with Crippen molar-refractivity contribution in [3.63, 3.8) is 0 Å². The van der Waals surface area contributed by atoms with E-state index in [2.05, 4.69) is 9.97 Å². The summed E-state index contributed by atoms with van der Waals surface area (Å²) in [5.41, 5.74) is 2.84. The largest absolute Gasteiger partial charge is 0.333 e. The normalized spacial score (nSPS) is 11.1. The molecule has 5 heteroatoms. The Bertz CT molecular complexity index is 765. The summed E-state index contributed by atoms with van der Waals surface area (Å²) < 4.78 is 0. The SMILES string of the molecule is CC(C)N(C(=O)CSc1nc2ccccc2[nH]1)c1ccccc1. The first kappa shape index (κ1) is 15.6. The highest BCUT2D eigenvalue weighted by atomic mass is 32.2. The van der Waals surface area contributed by atoms with Gasteiger partial charge in [0, 0.05) is 11.7 Å². The molecular formula is C18H19N3OS. The van der Waals surface area contributed by atoms with Gasteiger partial charge in [-0.05, 0) is 38.1 Å². The van der Waals surface area contributed by atoms with E-state index in [4.69, 9.17) is 0 Å². The molecule has 1 amide bonds. The number of fused-ring (bicyclic) bond motifs is 1. The van der Waals surface area contributed by atoms with E-state index in [0.29, 0.717) is 5.75 Å². The van der Waals surface area contributed by atoms with Crippen LogP contribution in [0.15, 0.2) is 59.8 Å². The van der Waals surface area contributed by atoms with Gasteiger partial charge in [0.15, 0.2) is 5.16 Å². The number of imidazole rings is 1. The highest BCUT2D eigenvalue weighted by molar-refractivity contribution is 7.99. The number of aromatic nitrogens is 2. The van der Waals surface area contributed by atoms with E-state index < -0.39 is 0 Å². The molecule has 1 N–H and O–H groups in total. The van der Waals surface area contributed by atoms with Gasteiger partial charge in [-0.2, -0.15) is 0 Å². The van der Waals surface area contributed by atoms with Gasteiger partial charge in [-0.3, -0.25) is 4.79 Å². The zero-order chi connectivity index (χ0) is 16.2. The van der Waals surface area contributed by atoms with Crippen molar-refractivity contribution in [3.8, 4) is 0 Å². The van der Waals surface area contributed by atoms with E-state index in [-0.39, 0.29) is 11.9 Å². The number of benzene rings is 2. The van der Waals surface area contributed by atoms with Crippen molar-refractivity contribution in [1.82, 2.24) is 9.97 Å². The molecule has 0 aliphatic rings.